The molecular weight excluding hydrogens is 448 g/mol. The number of sulfonamides is 1. The van der Waals surface area contributed by atoms with Crippen LogP contribution in [0.15, 0.2) is 42.5 Å². The number of anilines is 1. The number of pyridine rings is 1. The first kappa shape index (κ1) is 22.3. The lowest BCUT2D eigenvalue weighted by atomic mass is 10.2. The van der Waals surface area contributed by atoms with Gasteiger partial charge in [0.05, 0.1) is 32.6 Å². The largest absolute Gasteiger partial charge is 0.494 e. The highest BCUT2D eigenvalue weighted by Crippen LogP contribution is 2.38. The standard InChI is InChI=1S/C21H22N6O5S/c1-5-32-18-11-6-8-13(22-18)21-23-20-14(12-17(24-25-20)26-33(4,28)29)27(21)19-15(30-2)9-7-10-16(19)31-3/h6-12H,5H2,1-4H3,(H,24,26). The second-order valence-electron chi connectivity index (χ2n) is 6.89. The van der Waals surface area contributed by atoms with Gasteiger partial charge in [0.25, 0.3) is 0 Å². The fraction of sp³-hybridized carbons (Fsp3) is 0.238. The quantitative estimate of drug-likeness (QED) is 0.413. The van der Waals surface area contributed by atoms with E-state index in [4.69, 9.17) is 14.2 Å². The van der Waals surface area contributed by atoms with Crippen LogP contribution < -0.4 is 18.9 Å². The Morgan fingerprint density at radius 2 is 1.70 bits per heavy atom. The van der Waals surface area contributed by atoms with Gasteiger partial charge in [-0.1, -0.05) is 12.1 Å². The van der Waals surface area contributed by atoms with Gasteiger partial charge in [0.1, 0.15) is 22.9 Å². The topological polar surface area (TPSA) is 130 Å². The highest BCUT2D eigenvalue weighted by Gasteiger charge is 2.23. The van der Waals surface area contributed by atoms with Crippen LogP contribution in [0.2, 0.25) is 0 Å². The van der Waals surface area contributed by atoms with Gasteiger partial charge in [-0.15, -0.1) is 10.2 Å². The maximum absolute atomic E-state index is 11.8. The lowest BCUT2D eigenvalue weighted by Gasteiger charge is -2.16. The zero-order valence-corrected chi connectivity index (χ0v) is 19.3. The van der Waals surface area contributed by atoms with Crippen molar-refractivity contribution in [1.29, 1.82) is 0 Å². The highest BCUT2D eigenvalue weighted by atomic mass is 32.2. The Morgan fingerprint density at radius 1 is 1.00 bits per heavy atom. The number of methoxy groups -OCH3 is 2. The number of aromatic nitrogens is 5. The van der Waals surface area contributed by atoms with Crippen LogP contribution >= 0.6 is 0 Å². The van der Waals surface area contributed by atoms with Crippen molar-refractivity contribution in [3.63, 3.8) is 0 Å². The van der Waals surface area contributed by atoms with E-state index in [2.05, 4.69) is 24.9 Å². The maximum atomic E-state index is 11.8. The summed E-state index contributed by atoms with van der Waals surface area (Å²) in [6.45, 7) is 2.33. The number of nitrogens with zero attached hydrogens (tertiary/aromatic N) is 5. The number of para-hydroxylation sites is 1. The summed E-state index contributed by atoms with van der Waals surface area (Å²) in [4.78, 5) is 9.19. The maximum Gasteiger partial charge on any atom is 0.231 e. The molecule has 0 spiro atoms. The molecule has 0 radical (unpaired) electrons. The SMILES string of the molecule is CCOc1cccc(-c2nc3nnc(NS(C)(=O)=O)cc3n2-c2c(OC)cccc2OC)n1. The summed E-state index contributed by atoms with van der Waals surface area (Å²) >= 11 is 0. The molecule has 4 rings (SSSR count). The number of nitrogens with one attached hydrogen (secondary N) is 1. The summed E-state index contributed by atoms with van der Waals surface area (Å²) in [7, 11) is -0.480. The molecule has 0 aliphatic heterocycles. The predicted octanol–water partition coefficient (Wildman–Crippen LogP) is 2.66. The van der Waals surface area contributed by atoms with E-state index in [1.807, 2.05) is 6.92 Å². The van der Waals surface area contributed by atoms with E-state index in [0.717, 1.165) is 6.26 Å². The molecule has 12 heteroatoms. The van der Waals surface area contributed by atoms with Crippen LogP contribution in [0.4, 0.5) is 5.82 Å². The van der Waals surface area contributed by atoms with E-state index in [1.54, 1.807) is 55.2 Å². The molecule has 172 valence electrons. The average molecular weight is 471 g/mol. The second kappa shape index (κ2) is 8.90. The van der Waals surface area contributed by atoms with Crippen molar-refractivity contribution in [3.05, 3.63) is 42.5 Å². The number of imidazole rings is 1. The molecule has 1 N–H and O–H groups in total. The Balaban J connectivity index is 2.06. The lowest BCUT2D eigenvalue weighted by Crippen LogP contribution is -2.11. The van der Waals surface area contributed by atoms with E-state index < -0.39 is 10.0 Å². The molecule has 0 amide bonds. The van der Waals surface area contributed by atoms with Crippen molar-refractivity contribution in [2.24, 2.45) is 0 Å². The Hall–Kier alpha value is -3.93. The van der Waals surface area contributed by atoms with Crippen LogP contribution in [0.5, 0.6) is 17.4 Å². The summed E-state index contributed by atoms with van der Waals surface area (Å²) in [6.07, 6.45) is 1.04. The van der Waals surface area contributed by atoms with Crippen LogP contribution in [0.25, 0.3) is 28.4 Å². The first-order valence-electron chi connectivity index (χ1n) is 9.90. The fourth-order valence-corrected chi connectivity index (χ4v) is 3.82. The van der Waals surface area contributed by atoms with Crippen molar-refractivity contribution < 1.29 is 22.6 Å². The van der Waals surface area contributed by atoms with Crippen LogP contribution in [0.3, 0.4) is 0 Å². The Morgan fingerprint density at radius 3 is 2.33 bits per heavy atom. The zero-order valence-electron chi connectivity index (χ0n) is 18.4. The van der Waals surface area contributed by atoms with Crippen molar-refractivity contribution >= 4 is 27.0 Å². The molecule has 0 fully saturated rings. The zero-order chi connectivity index (χ0) is 23.6. The van der Waals surface area contributed by atoms with Crippen molar-refractivity contribution in [2.45, 2.75) is 6.92 Å². The monoisotopic (exact) mass is 470 g/mol. The van der Waals surface area contributed by atoms with Gasteiger partial charge in [-0.2, -0.15) is 0 Å². The number of hydrogen-bond acceptors (Lipinski definition) is 9. The number of fused-ring (bicyclic) bond motifs is 1. The Labute approximate surface area is 190 Å². The number of hydrogen-bond donors (Lipinski definition) is 1. The third-order valence-corrected chi connectivity index (χ3v) is 5.16. The number of benzene rings is 1. The Kier molecular flexibility index (Phi) is 6.01. The molecular formula is C21H22N6O5S. The van der Waals surface area contributed by atoms with Gasteiger partial charge < -0.3 is 14.2 Å². The minimum atomic E-state index is -3.57. The highest BCUT2D eigenvalue weighted by molar-refractivity contribution is 7.92. The van der Waals surface area contributed by atoms with E-state index in [9.17, 15) is 8.42 Å². The summed E-state index contributed by atoms with van der Waals surface area (Å²) in [5.74, 6) is 1.91. The molecule has 33 heavy (non-hydrogen) atoms. The molecule has 3 aromatic heterocycles. The molecule has 0 saturated heterocycles. The molecule has 11 nitrogen and oxygen atoms in total. The first-order valence-corrected chi connectivity index (χ1v) is 11.8. The minimum Gasteiger partial charge on any atom is -0.494 e. The lowest BCUT2D eigenvalue weighted by molar-refractivity contribution is 0.327. The first-order chi connectivity index (χ1) is 15.8. The van der Waals surface area contributed by atoms with Crippen LogP contribution in [0.1, 0.15) is 6.92 Å². The third-order valence-electron chi connectivity index (χ3n) is 4.58. The van der Waals surface area contributed by atoms with Crippen molar-refractivity contribution in [3.8, 4) is 34.6 Å². The van der Waals surface area contributed by atoms with Gasteiger partial charge in [-0.3, -0.25) is 9.29 Å². The molecule has 0 saturated carbocycles. The third kappa shape index (κ3) is 4.51. The smallest absolute Gasteiger partial charge is 0.231 e. The summed E-state index contributed by atoms with van der Waals surface area (Å²) in [5, 5.41) is 8.06. The molecule has 0 unspecified atom stereocenters. The fourth-order valence-electron chi connectivity index (χ4n) is 3.34. The normalized spacial score (nSPS) is 11.4. The second-order valence-corrected chi connectivity index (χ2v) is 8.64. The predicted molar refractivity (Wildman–Crippen MR) is 123 cm³/mol. The summed E-state index contributed by atoms with van der Waals surface area (Å²) in [6, 6.07) is 12.2. The molecule has 0 aliphatic rings. The summed E-state index contributed by atoms with van der Waals surface area (Å²) in [5.41, 5.74) is 1.80. The molecule has 4 aromatic rings. The van der Waals surface area contributed by atoms with Gasteiger partial charge >= 0.3 is 0 Å². The van der Waals surface area contributed by atoms with Crippen LogP contribution in [-0.2, 0) is 10.0 Å². The molecule has 0 bridgehead atoms. The minimum absolute atomic E-state index is 0.0441. The molecule has 0 atom stereocenters. The molecule has 1 aromatic carbocycles. The van der Waals surface area contributed by atoms with E-state index in [0.29, 0.717) is 46.7 Å². The number of ether oxygens (including phenoxy) is 3. The van der Waals surface area contributed by atoms with Gasteiger partial charge in [-0.25, -0.2) is 18.4 Å². The molecule has 0 aliphatic carbocycles. The van der Waals surface area contributed by atoms with Crippen LogP contribution in [0, 0.1) is 0 Å². The summed E-state index contributed by atoms with van der Waals surface area (Å²) < 4.78 is 44.3. The van der Waals surface area contributed by atoms with E-state index in [1.165, 1.54) is 6.07 Å². The van der Waals surface area contributed by atoms with Gasteiger partial charge in [0.15, 0.2) is 11.6 Å². The van der Waals surface area contributed by atoms with Gasteiger partial charge in [0.2, 0.25) is 21.6 Å². The average Bonchev–Trinajstić information content (AvgIpc) is 3.16. The van der Waals surface area contributed by atoms with Gasteiger partial charge in [-0.05, 0) is 25.1 Å². The van der Waals surface area contributed by atoms with Crippen molar-refractivity contribution in [1.82, 2.24) is 24.7 Å². The van der Waals surface area contributed by atoms with Crippen molar-refractivity contribution in [2.75, 3.05) is 31.8 Å². The molecule has 3 heterocycles. The van der Waals surface area contributed by atoms with E-state index >= 15 is 0 Å². The Bertz CT molecular complexity index is 1400. The number of rotatable bonds is 8. The van der Waals surface area contributed by atoms with Gasteiger partial charge in [0, 0.05) is 12.1 Å². The van der Waals surface area contributed by atoms with E-state index in [-0.39, 0.29) is 11.5 Å². The van der Waals surface area contributed by atoms with Crippen LogP contribution in [-0.4, -0.2) is 60.2 Å².